The van der Waals surface area contributed by atoms with Crippen molar-refractivity contribution in [2.75, 3.05) is 31.6 Å². The predicted molar refractivity (Wildman–Crippen MR) is 120 cm³/mol. The Morgan fingerprint density at radius 3 is 3.03 bits per heavy atom. The predicted octanol–water partition coefficient (Wildman–Crippen LogP) is 2.61. The van der Waals surface area contributed by atoms with Gasteiger partial charge in [-0.25, -0.2) is 4.99 Å². The maximum absolute atomic E-state index is 6.21. The van der Waals surface area contributed by atoms with Crippen LogP contribution >= 0.6 is 11.6 Å². The van der Waals surface area contributed by atoms with Crippen LogP contribution in [0.3, 0.4) is 0 Å². The highest BCUT2D eigenvalue weighted by atomic mass is 35.5. The van der Waals surface area contributed by atoms with E-state index in [-0.39, 0.29) is 0 Å². The summed E-state index contributed by atoms with van der Waals surface area (Å²) in [5.74, 6) is 3.69. The van der Waals surface area contributed by atoms with Crippen LogP contribution in [0.5, 0.6) is 5.75 Å². The Morgan fingerprint density at radius 1 is 1.30 bits per heavy atom. The van der Waals surface area contributed by atoms with Gasteiger partial charge < -0.3 is 24.8 Å². The molecule has 2 aliphatic rings. The van der Waals surface area contributed by atoms with E-state index in [1.54, 1.807) is 7.11 Å². The maximum atomic E-state index is 6.21. The standard InChI is InChI=1S/C21H30ClN7O/c1-3-23-21(24-13-20-27-26-19-6-4-5-10-29(19)20)25-16-9-11-28(14-16)17-12-15(22)7-8-18(17)30-2/h7-8,12,16H,3-6,9-11,13-14H2,1-2H3,(H2,23,24,25). The molecule has 9 heteroatoms. The van der Waals surface area contributed by atoms with Crippen LogP contribution in [-0.2, 0) is 19.5 Å². The number of ether oxygens (including phenoxy) is 1. The average Bonchev–Trinajstić information content (AvgIpc) is 3.39. The number of methoxy groups -OCH3 is 1. The molecule has 1 aromatic heterocycles. The van der Waals surface area contributed by atoms with Gasteiger partial charge in [-0.15, -0.1) is 10.2 Å². The van der Waals surface area contributed by atoms with E-state index in [1.165, 1.54) is 12.8 Å². The summed E-state index contributed by atoms with van der Waals surface area (Å²) in [7, 11) is 1.69. The molecule has 3 heterocycles. The highest BCUT2D eigenvalue weighted by molar-refractivity contribution is 6.30. The lowest BCUT2D eigenvalue weighted by Gasteiger charge is -2.22. The summed E-state index contributed by atoms with van der Waals surface area (Å²) in [6.45, 7) is 6.21. The number of anilines is 1. The molecule has 0 aliphatic carbocycles. The fraction of sp³-hybridized carbons (Fsp3) is 0.571. The van der Waals surface area contributed by atoms with Crippen molar-refractivity contribution in [2.45, 2.75) is 51.7 Å². The summed E-state index contributed by atoms with van der Waals surface area (Å²) in [6.07, 6.45) is 4.41. The third-order valence-corrected chi connectivity index (χ3v) is 5.90. The zero-order chi connectivity index (χ0) is 20.9. The molecule has 1 saturated heterocycles. The molecule has 0 saturated carbocycles. The number of hydrogen-bond acceptors (Lipinski definition) is 5. The van der Waals surface area contributed by atoms with Crippen LogP contribution in [0.4, 0.5) is 5.69 Å². The number of benzene rings is 1. The summed E-state index contributed by atoms with van der Waals surface area (Å²) in [6, 6.07) is 6.04. The SMILES string of the molecule is CCNC(=NCc1nnc2n1CCCC2)NC1CCN(c2cc(Cl)ccc2OC)C1. The monoisotopic (exact) mass is 431 g/mol. The molecule has 0 radical (unpaired) electrons. The van der Waals surface area contributed by atoms with Crippen LogP contribution < -0.4 is 20.3 Å². The van der Waals surface area contributed by atoms with Crippen molar-refractivity contribution in [2.24, 2.45) is 4.99 Å². The van der Waals surface area contributed by atoms with Gasteiger partial charge in [0.1, 0.15) is 18.1 Å². The first-order chi connectivity index (χ1) is 14.7. The van der Waals surface area contributed by atoms with E-state index < -0.39 is 0 Å². The molecule has 2 aliphatic heterocycles. The average molecular weight is 432 g/mol. The minimum Gasteiger partial charge on any atom is -0.495 e. The molecule has 1 aromatic carbocycles. The van der Waals surface area contributed by atoms with Crippen LogP contribution in [0.15, 0.2) is 23.2 Å². The lowest BCUT2D eigenvalue weighted by Crippen LogP contribution is -2.44. The molecule has 0 spiro atoms. The van der Waals surface area contributed by atoms with Crippen molar-refractivity contribution in [3.8, 4) is 5.75 Å². The topological polar surface area (TPSA) is 79.6 Å². The number of rotatable bonds is 6. The van der Waals surface area contributed by atoms with Crippen molar-refractivity contribution in [1.82, 2.24) is 25.4 Å². The van der Waals surface area contributed by atoms with E-state index in [2.05, 4.69) is 37.2 Å². The van der Waals surface area contributed by atoms with Crippen LogP contribution in [0.1, 0.15) is 37.8 Å². The van der Waals surface area contributed by atoms with E-state index in [1.807, 2.05) is 18.2 Å². The van der Waals surface area contributed by atoms with E-state index in [4.69, 9.17) is 21.3 Å². The molecule has 2 N–H and O–H groups in total. The first-order valence-corrected chi connectivity index (χ1v) is 11.1. The number of aliphatic imine (C=N–C) groups is 1. The van der Waals surface area contributed by atoms with Gasteiger partial charge in [-0.05, 0) is 44.4 Å². The van der Waals surface area contributed by atoms with Crippen LogP contribution in [0, 0.1) is 0 Å². The molecular formula is C21H30ClN7O. The summed E-state index contributed by atoms with van der Waals surface area (Å²) in [4.78, 5) is 7.09. The Balaban J connectivity index is 1.41. The lowest BCUT2D eigenvalue weighted by molar-refractivity contribution is 0.415. The molecule has 2 aromatic rings. The number of aryl methyl sites for hydroxylation is 1. The Labute approximate surface area is 182 Å². The fourth-order valence-corrected chi connectivity index (χ4v) is 4.32. The quantitative estimate of drug-likeness (QED) is 0.540. The van der Waals surface area contributed by atoms with Gasteiger partial charge in [-0.3, -0.25) is 0 Å². The van der Waals surface area contributed by atoms with Crippen molar-refractivity contribution < 1.29 is 4.74 Å². The Hall–Kier alpha value is -2.48. The van der Waals surface area contributed by atoms with E-state index in [0.717, 1.165) is 68.1 Å². The Morgan fingerprint density at radius 2 is 2.20 bits per heavy atom. The number of fused-ring (bicyclic) bond motifs is 1. The number of hydrogen-bond donors (Lipinski definition) is 2. The largest absolute Gasteiger partial charge is 0.495 e. The van der Waals surface area contributed by atoms with Gasteiger partial charge in [0.15, 0.2) is 11.8 Å². The number of nitrogens with one attached hydrogen (secondary N) is 2. The van der Waals surface area contributed by atoms with Gasteiger partial charge in [0.25, 0.3) is 0 Å². The molecule has 0 bridgehead atoms. The van der Waals surface area contributed by atoms with Gasteiger partial charge in [-0.2, -0.15) is 0 Å². The molecule has 4 rings (SSSR count). The van der Waals surface area contributed by atoms with Gasteiger partial charge in [0.05, 0.1) is 12.8 Å². The number of aromatic nitrogens is 3. The van der Waals surface area contributed by atoms with Crippen molar-refractivity contribution in [3.63, 3.8) is 0 Å². The second kappa shape index (κ2) is 9.55. The summed E-state index contributed by atoms with van der Waals surface area (Å²) in [5, 5.41) is 16.3. The number of guanidine groups is 1. The number of nitrogens with zero attached hydrogens (tertiary/aromatic N) is 5. The maximum Gasteiger partial charge on any atom is 0.191 e. The highest BCUT2D eigenvalue weighted by Crippen LogP contribution is 2.33. The second-order valence-electron chi connectivity index (χ2n) is 7.73. The summed E-state index contributed by atoms with van der Waals surface area (Å²) < 4.78 is 7.74. The normalized spacial score (nSPS) is 19.0. The highest BCUT2D eigenvalue weighted by Gasteiger charge is 2.26. The molecule has 30 heavy (non-hydrogen) atoms. The summed E-state index contributed by atoms with van der Waals surface area (Å²) >= 11 is 6.21. The zero-order valence-electron chi connectivity index (χ0n) is 17.7. The minimum atomic E-state index is 0.291. The first kappa shape index (κ1) is 20.8. The molecule has 1 atom stereocenters. The van der Waals surface area contributed by atoms with E-state index in [0.29, 0.717) is 17.6 Å². The molecule has 1 fully saturated rings. The fourth-order valence-electron chi connectivity index (χ4n) is 4.16. The number of halogens is 1. The van der Waals surface area contributed by atoms with Gasteiger partial charge in [0.2, 0.25) is 0 Å². The molecule has 1 unspecified atom stereocenters. The van der Waals surface area contributed by atoms with Gasteiger partial charge >= 0.3 is 0 Å². The van der Waals surface area contributed by atoms with Crippen molar-refractivity contribution >= 4 is 23.2 Å². The first-order valence-electron chi connectivity index (χ1n) is 10.7. The minimum absolute atomic E-state index is 0.291. The van der Waals surface area contributed by atoms with Crippen molar-refractivity contribution in [3.05, 3.63) is 34.9 Å². The zero-order valence-corrected chi connectivity index (χ0v) is 18.5. The smallest absolute Gasteiger partial charge is 0.191 e. The van der Waals surface area contributed by atoms with Gasteiger partial charge in [0, 0.05) is 43.7 Å². The van der Waals surface area contributed by atoms with Gasteiger partial charge in [-0.1, -0.05) is 11.6 Å². The molecular weight excluding hydrogens is 402 g/mol. The second-order valence-corrected chi connectivity index (χ2v) is 8.16. The molecule has 162 valence electrons. The third-order valence-electron chi connectivity index (χ3n) is 5.67. The molecule has 0 amide bonds. The van der Waals surface area contributed by atoms with Crippen LogP contribution in [0.2, 0.25) is 5.02 Å². The lowest BCUT2D eigenvalue weighted by atomic mass is 10.2. The Kier molecular flexibility index (Phi) is 6.62. The summed E-state index contributed by atoms with van der Waals surface area (Å²) in [5.41, 5.74) is 1.03. The third kappa shape index (κ3) is 4.64. The van der Waals surface area contributed by atoms with E-state index >= 15 is 0 Å². The van der Waals surface area contributed by atoms with E-state index in [9.17, 15) is 0 Å². The molecule has 8 nitrogen and oxygen atoms in total. The van der Waals surface area contributed by atoms with Crippen LogP contribution in [-0.4, -0.2) is 53.5 Å². The Bertz CT molecular complexity index is 897. The van der Waals surface area contributed by atoms with Crippen LogP contribution in [0.25, 0.3) is 0 Å². The van der Waals surface area contributed by atoms with Crippen molar-refractivity contribution in [1.29, 1.82) is 0 Å².